The monoisotopic (exact) mass is 417 g/mol. The van der Waals surface area contributed by atoms with Gasteiger partial charge in [0, 0.05) is 24.5 Å². The zero-order valence-corrected chi connectivity index (χ0v) is 17.2. The smallest absolute Gasteiger partial charge is 0.255 e. The Morgan fingerprint density at radius 1 is 1.07 bits per heavy atom. The zero-order chi connectivity index (χ0) is 21.1. The molecule has 0 bridgehead atoms. The number of nitrogens with zero attached hydrogens (tertiary/aromatic N) is 2. The average Bonchev–Trinajstić information content (AvgIpc) is 2.75. The third kappa shape index (κ3) is 4.11. The summed E-state index contributed by atoms with van der Waals surface area (Å²) < 4.78 is 0. The number of nitrogens with one attached hydrogen (secondary N) is 1. The first-order valence-corrected chi connectivity index (χ1v) is 9.95. The Morgan fingerprint density at radius 2 is 1.90 bits per heavy atom. The van der Waals surface area contributed by atoms with Crippen LogP contribution in [0.15, 0.2) is 77.9 Å². The number of H-pyrrole nitrogens is 1. The van der Waals surface area contributed by atoms with Crippen molar-refractivity contribution in [2.75, 3.05) is 0 Å². The van der Waals surface area contributed by atoms with Crippen LogP contribution in [0.1, 0.15) is 27.0 Å². The van der Waals surface area contributed by atoms with E-state index >= 15 is 0 Å². The summed E-state index contributed by atoms with van der Waals surface area (Å²) in [5.74, 6) is -0.242. The number of hydrogen-bond acceptors (Lipinski definition) is 3. The van der Waals surface area contributed by atoms with Gasteiger partial charge in [-0.1, -0.05) is 48.0 Å². The first kappa shape index (κ1) is 19.9. The molecule has 1 amide bonds. The Labute approximate surface area is 179 Å². The van der Waals surface area contributed by atoms with E-state index in [1.807, 2.05) is 43.3 Å². The van der Waals surface area contributed by atoms with E-state index < -0.39 is 0 Å². The molecule has 0 aliphatic carbocycles. The number of halogens is 1. The van der Waals surface area contributed by atoms with Gasteiger partial charge in [-0.2, -0.15) is 0 Å². The van der Waals surface area contributed by atoms with Crippen molar-refractivity contribution in [3.05, 3.63) is 111 Å². The lowest BCUT2D eigenvalue weighted by molar-refractivity contribution is 0.0729. The van der Waals surface area contributed by atoms with Crippen LogP contribution in [0.25, 0.3) is 10.9 Å². The van der Waals surface area contributed by atoms with Gasteiger partial charge in [0.05, 0.1) is 22.6 Å². The molecule has 4 rings (SSSR count). The van der Waals surface area contributed by atoms with Crippen LogP contribution in [-0.2, 0) is 13.1 Å². The highest BCUT2D eigenvalue weighted by atomic mass is 35.5. The van der Waals surface area contributed by atoms with E-state index in [1.54, 1.807) is 41.6 Å². The molecule has 0 atom stereocenters. The van der Waals surface area contributed by atoms with Crippen molar-refractivity contribution in [2.24, 2.45) is 0 Å². The number of amides is 1. The minimum atomic E-state index is -0.242. The standard InChI is InChI=1S/C24H20ClN3O2/c1-16-6-4-8-18-12-19(23(29)27-22(16)18)15-28(14-17-7-5-11-26-13-17)24(30)20-9-2-3-10-21(20)25/h2-13H,14-15H2,1H3,(H,27,29). The fraction of sp³-hybridized carbons (Fsp3) is 0.125. The maximum atomic E-state index is 13.3. The number of carbonyl (C=O) groups excluding carboxylic acids is 1. The Balaban J connectivity index is 1.74. The lowest BCUT2D eigenvalue weighted by Gasteiger charge is -2.23. The predicted molar refractivity (Wildman–Crippen MR) is 119 cm³/mol. The third-order valence-corrected chi connectivity index (χ3v) is 5.34. The second-order valence-corrected chi connectivity index (χ2v) is 7.57. The van der Waals surface area contributed by atoms with Crippen LogP contribution < -0.4 is 5.56 Å². The SMILES string of the molecule is Cc1cccc2cc(CN(Cc3cccnc3)C(=O)c3ccccc3Cl)c(=O)[nH]c12. The van der Waals surface area contributed by atoms with Gasteiger partial charge in [0.15, 0.2) is 0 Å². The maximum Gasteiger partial charge on any atom is 0.255 e. The summed E-state index contributed by atoms with van der Waals surface area (Å²) >= 11 is 6.27. The van der Waals surface area contributed by atoms with E-state index in [4.69, 9.17) is 11.6 Å². The molecule has 6 heteroatoms. The summed E-state index contributed by atoms with van der Waals surface area (Å²) in [6, 6.07) is 18.3. The quantitative estimate of drug-likeness (QED) is 0.510. The Bertz CT molecular complexity index is 1270. The average molecular weight is 418 g/mol. The lowest BCUT2D eigenvalue weighted by atomic mass is 10.1. The minimum Gasteiger partial charge on any atom is -0.330 e. The number of para-hydroxylation sites is 1. The summed E-state index contributed by atoms with van der Waals surface area (Å²) in [6.07, 6.45) is 3.39. The molecule has 30 heavy (non-hydrogen) atoms. The molecule has 0 saturated heterocycles. The van der Waals surface area contributed by atoms with Crippen molar-refractivity contribution >= 4 is 28.4 Å². The van der Waals surface area contributed by atoms with E-state index in [2.05, 4.69) is 9.97 Å². The topological polar surface area (TPSA) is 66.1 Å². The highest BCUT2D eigenvalue weighted by molar-refractivity contribution is 6.33. The summed E-state index contributed by atoms with van der Waals surface area (Å²) in [4.78, 5) is 34.8. The van der Waals surface area contributed by atoms with E-state index in [9.17, 15) is 9.59 Å². The van der Waals surface area contributed by atoms with Crippen LogP contribution in [0.2, 0.25) is 5.02 Å². The fourth-order valence-corrected chi connectivity index (χ4v) is 3.68. The molecule has 5 nitrogen and oxygen atoms in total. The molecule has 0 spiro atoms. The molecule has 2 heterocycles. The maximum absolute atomic E-state index is 13.3. The van der Waals surface area contributed by atoms with Crippen molar-refractivity contribution in [1.82, 2.24) is 14.9 Å². The molecule has 0 saturated carbocycles. The molecular formula is C24H20ClN3O2. The number of aromatic nitrogens is 2. The number of rotatable bonds is 5. The Morgan fingerprint density at radius 3 is 2.67 bits per heavy atom. The second kappa shape index (κ2) is 8.51. The van der Waals surface area contributed by atoms with Crippen molar-refractivity contribution < 1.29 is 4.79 Å². The Hall–Kier alpha value is -3.44. The van der Waals surface area contributed by atoms with Crippen molar-refractivity contribution in [1.29, 1.82) is 0 Å². The molecule has 150 valence electrons. The molecule has 0 fully saturated rings. The van der Waals surface area contributed by atoms with Crippen LogP contribution in [-0.4, -0.2) is 20.8 Å². The number of aromatic amines is 1. The second-order valence-electron chi connectivity index (χ2n) is 7.17. The first-order valence-electron chi connectivity index (χ1n) is 9.57. The molecular weight excluding hydrogens is 398 g/mol. The van der Waals surface area contributed by atoms with Crippen molar-refractivity contribution in [2.45, 2.75) is 20.0 Å². The molecule has 0 aliphatic heterocycles. The normalized spacial score (nSPS) is 10.9. The number of hydrogen-bond donors (Lipinski definition) is 1. The van der Waals surface area contributed by atoms with E-state index in [1.165, 1.54) is 0 Å². The van der Waals surface area contributed by atoms with Crippen molar-refractivity contribution in [3.63, 3.8) is 0 Å². The van der Waals surface area contributed by atoms with Crippen LogP contribution in [0.5, 0.6) is 0 Å². The molecule has 2 aromatic heterocycles. The van der Waals surface area contributed by atoms with Gasteiger partial charge in [0.2, 0.25) is 0 Å². The molecule has 0 unspecified atom stereocenters. The number of carbonyl (C=O) groups is 1. The summed E-state index contributed by atoms with van der Waals surface area (Å²) in [5.41, 5.74) is 3.37. The summed E-state index contributed by atoms with van der Waals surface area (Å²) in [6.45, 7) is 2.41. The van der Waals surface area contributed by atoms with E-state index in [0.717, 1.165) is 22.0 Å². The highest BCUT2D eigenvalue weighted by Crippen LogP contribution is 2.21. The van der Waals surface area contributed by atoms with Gasteiger partial charge in [0.25, 0.3) is 11.5 Å². The lowest BCUT2D eigenvalue weighted by Crippen LogP contribution is -2.32. The molecule has 2 aromatic carbocycles. The van der Waals surface area contributed by atoms with E-state index in [0.29, 0.717) is 22.7 Å². The molecule has 0 aliphatic rings. The molecule has 0 radical (unpaired) electrons. The van der Waals surface area contributed by atoms with Crippen molar-refractivity contribution in [3.8, 4) is 0 Å². The van der Waals surface area contributed by atoms with Crippen LogP contribution in [0.4, 0.5) is 0 Å². The predicted octanol–water partition coefficient (Wildman–Crippen LogP) is 4.73. The largest absolute Gasteiger partial charge is 0.330 e. The summed E-state index contributed by atoms with van der Waals surface area (Å²) in [5, 5.41) is 1.30. The Kier molecular flexibility index (Phi) is 5.63. The number of fused-ring (bicyclic) bond motifs is 1. The highest BCUT2D eigenvalue weighted by Gasteiger charge is 2.20. The van der Waals surface area contributed by atoms with Crippen LogP contribution in [0.3, 0.4) is 0 Å². The summed E-state index contributed by atoms with van der Waals surface area (Å²) in [7, 11) is 0. The first-order chi connectivity index (χ1) is 14.5. The van der Waals surface area contributed by atoms with Gasteiger partial charge >= 0.3 is 0 Å². The van der Waals surface area contributed by atoms with Gasteiger partial charge in [0.1, 0.15) is 0 Å². The minimum absolute atomic E-state index is 0.151. The van der Waals surface area contributed by atoms with Gasteiger partial charge in [-0.3, -0.25) is 14.6 Å². The van der Waals surface area contributed by atoms with Gasteiger partial charge in [-0.05, 0) is 47.7 Å². The molecule has 1 N–H and O–H groups in total. The number of benzene rings is 2. The van der Waals surface area contributed by atoms with E-state index in [-0.39, 0.29) is 18.0 Å². The van der Waals surface area contributed by atoms with Gasteiger partial charge in [-0.25, -0.2) is 0 Å². The zero-order valence-electron chi connectivity index (χ0n) is 16.4. The van der Waals surface area contributed by atoms with Gasteiger partial charge in [-0.15, -0.1) is 0 Å². The van der Waals surface area contributed by atoms with Crippen LogP contribution >= 0.6 is 11.6 Å². The van der Waals surface area contributed by atoms with Crippen LogP contribution in [0, 0.1) is 6.92 Å². The number of pyridine rings is 2. The van der Waals surface area contributed by atoms with Gasteiger partial charge < -0.3 is 9.88 Å². The third-order valence-electron chi connectivity index (χ3n) is 5.01. The number of aryl methyl sites for hydroxylation is 1. The fourth-order valence-electron chi connectivity index (χ4n) is 3.47. The molecule has 4 aromatic rings.